The zero-order valence-electron chi connectivity index (χ0n) is 13.9. The van der Waals surface area contributed by atoms with Crippen molar-refractivity contribution in [2.24, 2.45) is 10.9 Å². The molecule has 20 heavy (non-hydrogen) atoms. The van der Waals surface area contributed by atoms with Crippen molar-refractivity contribution < 1.29 is 6.22 Å². The molecule has 1 unspecified atom stereocenters. The summed E-state index contributed by atoms with van der Waals surface area (Å²) in [6.45, 7) is 11.8. The third-order valence-electron chi connectivity index (χ3n) is 3.25. The van der Waals surface area contributed by atoms with E-state index in [2.05, 4.69) is 22.3 Å². The lowest BCUT2D eigenvalue weighted by atomic mass is 9.96. The molecule has 0 bridgehead atoms. The average molecular weight is 283 g/mol. The van der Waals surface area contributed by atoms with Crippen LogP contribution in [0.2, 0.25) is 0 Å². The number of nitrogens with one attached hydrogen (secondary N) is 1. The molecule has 118 valence electrons. The smallest absolute Gasteiger partial charge is 0.224 e. The topological polar surface area (TPSA) is 44.7 Å². The van der Waals surface area contributed by atoms with E-state index in [0.717, 1.165) is 31.6 Å². The van der Waals surface area contributed by atoms with Crippen LogP contribution >= 0.6 is 0 Å². The van der Waals surface area contributed by atoms with Crippen LogP contribution in [0.4, 0.5) is 0 Å². The molecule has 1 fully saturated rings. The molecule has 1 N–H and O–H groups in total. The zero-order chi connectivity index (χ0) is 15.5. The second-order valence-corrected chi connectivity index (χ2v) is 5.03. The first-order chi connectivity index (χ1) is 9.52. The average Bonchev–Trinajstić information content (AvgIpc) is 2.41. The van der Waals surface area contributed by atoms with Crippen LogP contribution in [0.25, 0.3) is 0 Å². The summed E-state index contributed by atoms with van der Waals surface area (Å²) in [7, 11) is 2.10. The van der Waals surface area contributed by atoms with E-state index in [1.54, 1.807) is 0 Å². The van der Waals surface area contributed by atoms with Gasteiger partial charge in [0.15, 0.2) is 0 Å². The lowest BCUT2D eigenvalue weighted by molar-refractivity contribution is -0.126. The monoisotopic (exact) mass is 283 g/mol. The van der Waals surface area contributed by atoms with Crippen molar-refractivity contribution in [3.8, 4) is 0 Å². The molecule has 1 atom stereocenters. The Bertz CT molecular complexity index is 334. The van der Waals surface area contributed by atoms with Crippen molar-refractivity contribution in [2.45, 2.75) is 53.6 Å². The van der Waals surface area contributed by atoms with E-state index in [0.29, 0.717) is 0 Å². The Morgan fingerprint density at radius 2 is 1.95 bits per heavy atom. The normalized spacial score (nSPS) is 19.4. The van der Waals surface area contributed by atoms with Crippen LogP contribution in [-0.4, -0.2) is 42.8 Å². The minimum absolute atomic E-state index is 0. The number of aliphatic imine (C=N–C) groups is 1. The van der Waals surface area contributed by atoms with E-state index in [4.69, 9.17) is 0 Å². The Labute approximate surface area is 125 Å². The van der Waals surface area contributed by atoms with Crippen molar-refractivity contribution >= 4 is 11.6 Å². The molecule has 1 aliphatic rings. The molecule has 0 aromatic rings. The van der Waals surface area contributed by atoms with E-state index in [9.17, 15) is 4.79 Å². The van der Waals surface area contributed by atoms with Gasteiger partial charge in [-0.2, -0.15) is 0 Å². The lowest BCUT2D eigenvalue weighted by Gasteiger charge is -2.28. The van der Waals surface area contributed by atoms with Gasteiger partial charge >= 0.3 is 0 Å². The third-order valence-corrected chi connectivity index (χ3v) is 3.25. The fraction of sp³-hybridized carbons (Fsp3) is 0.750. The summed E-state index contributed by atoms with van der Waals surface area (Å²) in [6, 6.07) is 0. The van der Waals surface area contributed by atoms with Gasteiger partial charge < -0.3 is 10.2 Å². The highest BCUT2D eigenvalue weighted by Crippen LogP contribution is 2.16. The number of carbonyl (C=O) groups excluding carboxylic acids is 1. The summed E-state index contributed by atoms with van der Waals surface area (Å²) in [5.41, 5.74) is 0.939. The van der Waals surface area contributed by atoms with Crippen LogP contribution in [0, 0.1) is 5.92 Å². The van der Waals surface area contributed by atoms with Crippen LogP contribution in [0.15, 0.2) is 17.1 Å². The molecule has 0 saturated carbocycles. The van der Waals surface area contributed by atoms with Crippen LogP contribution in [0.3, 0.4) is 0 Å². The maximum atomic E-state index is 12.0. The molecule has 1 saturated heterocycles. The van der Waals surface area contributed by atoms with Gasteiger partial charge in [-0.25, -0.2) is 0 Å². The van der Waals surface area contributed by atoms with Crippen LogP contribution in [0.5, 0.6) is 0 Å². The summed E-state index contributed by atoms with van der Waals surface area (Å²) in [5, 5.41) is 2.97. The maximum absolute atomic E-state index is 12.0. The van der Waals surface area contributed by atoms with E-state index < -0.39 is 0 Å². The fourth-order valence-electron chi connectivity index (χ4n) is 2.22. The first-order valence-electron chi connectivity index (χ1n) is 7.69. The minimum Gasteiger partial charge on any atom is -0.334 e. The summed E-state index contributed by atoms with van der Waals surface area (Å²) < 4.78 is 0. The first kappa shape index (κ1) is 18.8. The highest BCUT2D eigenvalue weighted by Gasteiger charge is 2.23. The maximum Gasteiger partial charge on any atom is 0.224 e. The molecule has 4 nitrogen and oxygen atoms in total. The van der Waals surface area contributed by atoms with Gasteiger partial charge in [0.05, 0.1) is 0 Å². The van der Waals surface area contributed by atoms with Crippen LogP contribution < -0.4 is 5.32 Å². The molecule has 4 heteroatoms. The quantitative estimate of drug-likeness (QED) is 0.806. The molecule has 0 aromatic carbocycles. The van der Waals surface area contributed by atoms with Gasteiger partial charge in [-0.3, -0.25) is 9.79 Å². The molecule has 0 radical (unpaired) electrons. The van der Waals surface area contributed by atoms with Crippen LogP contribution in [-0.2, 0) is 4.79 Å². The van der Waals surface area contributed by atoms with E-state index in [1.165, 1.54) is 0 Å². The number of rotatable bonds is 4. The highest BCUT2D eigenvalue weighted by molar-refractivity contribution is 5.93. The standard InChI is InChI=1S/C14H25N3O.C2H6.H2/c1-5-6-11(2)15-12(3)16-14(18)13-7-9-17(4)10-8-13;1-2;/h5-6,12-13H,7-10H2,1-4H3,(H,16,18);1-2H3;1H/b6-5-,15-11-;;. The summed E-state index contributed by atoms with van der Waals surface area (Å²) >= 11 is 0. The summed E-state index contributed by atoms with van der Waals surface area (Å²) in [4.78, 5) is 18.7. The lowest BCUT2D eigenvalue weighted by Crippen LogP contribution is -2.41. The van der Waals surface area contributed by atoms with Gasteiger partial charge in [-0.05, 0) is 59.8 Å². The predicted molar refractivity (Wildman–Crippen MR) is 89.2 cm³/mol. The Balaban J connectivity index is 0. The SMILES string of the molecule is C/C=C\C(C)=N/C(C)NC(=O)C1CCN(C)CC1.CC.[HH]. The van der Waals surface area contributed by atoms with Crippen molar-refractivity contribution in [1.29, 1.82) is 0 Å². The first-order valence-corrected chi connectivity index (χ1v) is 7.69. The minimum atomic E-state index is -0.145. The van der Waals surface area contributed by atoms with Crippen molar-refractivity contribution in [3.05, 3.63) is 12.2 Å². The number of amides is 1. The van der Waals surface area contributed by atoms with Gasteiger partial charge in [0, 0.05) is 13.1 Å². The Morgan fingerprint density at radius 1 is 1.40 bits per heavy atom. The summed E-state index contributed by atoms with van der Waals surface area (Å²) in [5.74, 6) is 0.300. The molecule has 0 spiro atoms. The predicted octanol–water partition coefficient (Wildman–Crippen LogP) is 3.10. The van der Waals surface area contributed by atoms with Gasteiger partial charge in [0.2, 0.25) is 5.91 Å². The largest absolute Gasteiger partial charge is 0.334 e. The Hall–Kier alpha value is -1.16. The van der Waals surface area contributed by atoms with Crippen molar-refractivity contribution in [1.82, 2.24) is 10.2 Å². The zero-order valence-corrected chi connectivity index (χ0v) is 13.9. The number of allylic oxidation sites excluding steroid dienone is 2. The number of carbonyl (C=O) groups is 1. The molecule has 1 amide bonds. The molecule has 0 aromatic heterocycles. The highest BCUT2D eigenvalue weighted by atomic mass is 16.2. The van der Waals surface area contributed by atoms with E-state index in [-0.39, 0.29) is 19.4 Å². The van der Waals surface area contributed by atoms with Crippen molar-refractivity contribution in [2.75, 3.05) is 20.1 Å². The summed E-state index contributed by atoms with van der Waals surface area (Å²) in [6.07, 6.45) is 5.65. The second-order valence-electron chi connectivity index (χ2n) is 5.03. The van der Waals surface area contributed by atoms with Gasteiger partial charge in [-0.1, -0.05) is 19.9 Å². The number of piperidine rings is 1. The second kappa shape index (κ2) is 10.6. The molecule has 0 aliphatic carbocycles. The number of hydrogen-bond acceptors (Lipinski definition) is 3. The van der Waals surface area contributed by atoms with Gasteiger partial charge in [0.25, 0.3) is 0 Å². The van der Waals surface area contributed by atoms with Crippen molar-refractivity contribution in [3.63, 3.8) is 0 Å². The molecule has 1 aliphatic heterocycles. The molecular weight excluding hydrogens is 250 g/mol. The Morgan fingerprint density at radius 3 is 2.45 bits per heavy atom. The molecule has 1 heterocycles. The number of nitrogens with zero attached hydrogens (tertiary/aromatic N) is 2. The Kier molecular flexibility index (Phi) is 9.99. The van der Waals surface area contributed by atoms with E-state index in [1.807, 2.05) is 46.8 Å². The fourth-order valence-corrected chi connectivity index (χ4v) is 2.22. The van der Waals surface area contributed by atoms with E-state index >= 15 is 0 Å². The van der Waals surface area contributed by atoms with Gasteiger partial charge in [0.1, 0.15) is 6.17 Å². The number of likely N-dealkylation sites (tertiary alicyclic amines) is 1. The molecular formula is C16H33N3O. The van der Waals surface area contributed by atoms with Gasteiger partial charge in [-0.15, -0.1) is 0 Å². The molecule has 1 rings (SSSR count). The number of hydrogen-bond donors (Lipinski definition) is 1. The third kappa shape index (κ3) is 7.43. The van der Waals surface area contributed by atoms with Crippen LogP contribution in [0.1, 0.15) is 48.9 Å².